The molecule has 0 aliphatic rings. The van der Waals surface area contributed by atoms with Gasteiger partial charge in [-0.25, -0.2) is 4.79 Å². The van der Waals surface area contributed by atoms with Crippen LogP contribution in [0.3, 0.4) is 0 Å². The number of hydrogen-bond donors (Lipinski definition) is 2. The molecule has 0 saturated heterocycles. The number of carboxylic acids is 1. The van der Waals surface area contributed by atoms with Crippen molar-refractivity contribution in [3.8, 4) is 0 Å². The van der Waals surface area contributed by atoms with E-state index in [1.165, 1.54) is 18.2 Å². The van der Waals surface area contributed by atoms with Gasteiger partial charge in [-0.05, 0) is 11.6 Å². The number of carbonyl (C=O) groups excluding carboxylic acids is 2. The third-order valence-corrected chi connectivity index (χ3v) is 2.77. The van der Waals surface area contributed by atoms with Crippen LogP contribution in [0.2, 0.25) is 0 Å². The second-order valence-corrected chi connectivity index (χ2v) is 4.36. The summed E-state index contributed by atoms with van der Waals surface area (Å²) in [6.07, 6.45) is -0.993. The van der Waals surface area contributed by atoms with E-state index in [-0.39, 0.29) is 28.9 Å². The highest BCUT2D eigenvalue weighted by molar-refractivity contribution is 9.09. The van der Waals surface area contributed by atoms with Gasteiger partial charge in [0.2, 0.25) is 0 Å². The van der Waals surface area contributed by atoms with Crippen molar-refractivity contribution in [2.24, 2.45) is 0 Å². The van der Waals surface area contributed by atoms with Crippen LogP contribution in [-0.4, -0.2) is 33.6 Å². The molecule has 0 radical (unpaired) electrons. The Hall–Kier alpha value is -1.53. The van der Waals surface area contributed by atoms with Gasteiger partial charge in [0, 0.05) is 22.9 Å². The van der Waals surface area contributed by atoms with Crippen molar-refractivity contribution in [3.05, 3.63) is 34.9 Å². The molecule has 0 saturated carbocycles. The largest absolute Gasteiger partial charge is 0.479 e. The molecule has 1 aromatic carbocycles. The molecule has 1 atom stereocenters. The lowest BCUT2D eigenvalue weighted by Crippen LogP contribution is -2.12. The second kappa shape index (κ2) is 6.42. The number of benzene rings is 1. The van der Waals surface area contributed by atoms with E-state index >= 15 is 0 Å². The third-order valence-electron chi connectivity index (χ3n) is 2.38. The molecule has 0 spiro atoms. The zero-order chi connectivity index (χ0) is 13.7. The zero-order valence-electron chi connectivity index (χ0n) is 9.30. The summed E-state index contributed by atoms with van der Waals surface area (Å²) in [6.45, 7) is 0. The Labute approximate surface area is 112 Å². The van der Waals surface area contributed by atoms with Crippen LogP contribution < -0.4 is 0 Å². The Morgan fingerprint density at radius 3 is 2.56 bits per heavy atom. The average Bonchev–Trinajstić information content (AvgIpc) is 2.37. The first-order valence-corrected chi connectivity index (χ1v) is 6.22. The van der Waals surface area contributed by atoms with Crippen molar-refractivity contribution in [1.29, 1.82) is 0 Å². The van der Waals surface area contributed by atoms with Gasteiger partial charge < -0.3 is 10.2 Å². The van der Waals surface area contributed by atoms with Gasteiger partial charge in [0.1, 0.15) is 0 Å². The Bertz CT molecular complexity index is 483. The Morgan fingerprint density at radius 1 is 1.39 bits per heavy atom. The Balaban J connectivity index is 3.21. The van der Waals surface area contributed by atoms with Crippen LogP contribution >= 0.6 is 15.9 Å². The molecule has 0 aliphatic heterocycles. The molecule has 18 heavy (non-hydrogen) atoms. The van der Waals surface area contributed by atoms with Crippen molar-refractivity contribution in [1.82, 2.24) is 0 Å². The van der Waals surface area contributed by atoms with Gasteiger partial charge in [0.15, 0.2) is 18.2 Å². The van der Waals surface area contributed by atoms with Gasteiger partial charge in [-0.15, -0.1) is 0 Å². The van der Waals surface area contributed by atoms with Crippen LogP contribution in [0.25, 0.3) is 0 Å². The third kappa shape index (κ3) is 3.24. The predicted molar refractivity (Wildman–Crippen MR) is 67.2 cm³/mol. The monoisotopic (exact) mass is 314 g/mol. The summed E-state index contributed by atoms with van der Waals surface area (Å²) in [7, 11) is 0. The molecule has 0 bridgehead atoms. The van der Waals surface area contributed by atoms with Crippen LogP contribution in [0.1, 0.15) is 38.8 Å². The molecule has 2 N–H and O–H groups in total. The van der Waals surface area contributed by atoms with Gasteiger partial charge in [0.05, 0.1) is 0 Å². The number of hydrogen-bond acceptors (Lipinski definition) is 4. The minimum atomic E-state index is -1.71. The van der Waals surface area contributed by atoms with Crippen molar-refractivity contribution >= 4 is 34.0 Å². The van der Waals surface area contributed by atoms with Gasteiger partial charge >= 0.3 is 5.97 Å². The topological polar surface area (TPSA) is 91.7 Å². The second-order valence-electron chi connectivity index (χ2n) is 3.57. The van der Waals surface area contributed by atoms with Gasteiger partial charge in [-0.1, -0.05) is 28.1 Å². The number of aldehydes is 1. The molecule has 5 nitrogen and oxygen atoms in total. The summed E-state index contributed by atoms with van der Waals surface area (Å²) in [5.74, 6) is -1.69. The van der Waals surface area contributed by atoms with Crippen molar-refractivity contribution in [2.45, 2.75) is 12.5 Å². The summed E-state index contributed by atoms with van der Waals surface area (Å²) in [6, 6.07) is 3.89. The summed E-state index contributed by atoms with van der Waals surface area (Å²) < 4.78 is 0. The first-order chi connectivity index (χ1) is 8.51. The number of halogens is 1. The van der Waals surface area contributed by atoms with Crippen molar-refractivity contribution < 1.29 is 24.6 Å². The van der Waals surface area contributed by atoms with E-state index in [9.17, 15) is 19.5 Å². The van der Waals surface area contributed by atoms with Crippen LogP contribution in [0.15, 0.2) is 18.2 Å². The maximum absolute atomic E-state index is 11.8. The molecule has 0 fully saturated rings. The number of aliphatic carboxylic acids is 1. The smallest absolute Gasteiger partial charge is 0.337 e. The normalized spacial score (nSPS) is 11.9. The summed E-state index contributed by atoms with van der Waals surface area (Å²) in [5, 5.41) is 18.5. The molecule has 6 heteroatoms. The maximum atomic E-state index is 11.8. The van der Waals surface area contributed by atoms with Crippen molar-refractivity contribution in [3.63, 3.8) is 0 Å². The molecule has 1 aromatic rings. The highest BCUT2D eigenvalue weighted by atomic mass is 79.9. The predicted octanol–water partition coefficient (Wildman–Crippen LogP) is 1.58. The first-order valence-electron chi connectivity index (χ1n) is 5.10. The lowest BCUT2D eigenvalue weighted by Gasteiger charge is -2.09. The zero-order valence-corrected chi connectivity index (χ0v) is 10.9. The Morgan fingerprint density at radius 2 is 2.06 bits per heavy atom. The van der Waals surface area contributed by atoms with E-state index in [1.807, 2.05) is 0 Å². The number of carbonyl (C=O) groups is 3. The van der Waals surface area contributed by atoms with Crippen LogP contribution in [0, 0.1) is 0 Å². The van der Waals surface area contributed by atoms with E-state index < -0.39 is 12.1 Å². The molecule has 1 rings (SSSR count). The molecule has 0 amide bonds. The fourth-order valence-corrected chi connectivity index (χ4v) is 1.81. The molecular formula is C12H11BrO5. The van der Waals surface area contributed by atoms with Crippen molar-refractivity contribution in [2.75, 3.05) is 5.33 Å². The molecule has 96 valence electrons. The van der Waals surface area contributed by atoms with E-state index in [1.54, 1.807) is 0 Å². The minimum absolute atomic E-state index is 0.0750. The number of aliphatic hydroxyl groups excluding tert-OH is 1. The van der Waals surface area contributed by atoms with Crippen LogP contribution in [0.4, 0.5) is 0 Å². The van der Waals surface area contributed by atoms with Gasteiger partial charge in [-0.3, -0.25) is 9.59 Å². The minimum Gasteiger partial charge on any atom is -0.479 e. The molecule has 1 unspecified atom stereocenters. The highest BCUT2D eigenvalue weighted by Gasteiger charge is 2.19. The molecule has 0 heterocycles. The Kier molecular flexibility index (Phi) is 5.18. The van der Waals surface area contributed by atoms with E-state index in [0.29, 0.717) is 11.6 Å². The molecular weight excluding hydrogens is 304 g/mol. The summed E-state index contributed by atoms with van der Waals surface area (Å²) in [5.41, 5.74) is 0.385. The molecule has 0 aromatic heterocycles. The fraction of sp³-hybridized carbons (Fsp3) is 0.250. The fourth-order valence-electron chi connectivity index (χ4n) is 1.45. The van der Waals surface area contributed by atoms with Gasteiger partial charge in [0.25, 0.3) is 0 Å². The number of ketones is 1. The summed E-state index contributed by atoms with van der Waals surface area (Å²) >= 11 is 3.11. The number of aliphatic hydroxyl groups is 1. The average molecular weight is 315 g/mol. The number of rotatable bonds is 6. The quantitative estimate of drug-likeness (QED) is 0.472. The SMILES string of the molecule is O=Cc1ccc(C(O)C(=O)O)cc1C(=O)CCBr. The lowest BCUT2D eigenvalue weighted by molar-refractivity contribution is -0.146. The van der Waals surface area contributed by atoms with E-state index in [2.05, 4.69) is 15.9 Å². The standard InChI is InChI=1S/C12H11BrO5/c13-4-3-10(15)9-5-7(11(16)12(17)18)1-2-8(9)6-14/h1-2,5-6,11,16H,3-4H2,(H,17,18). The lowest BCUT2D eigenvalue weighted by atomic mass is 9.97. The summed E-state index contributed by atoms with van der Waals surface area (Å²) in [4.78, 5) is 33.2. The van der Waals surface area contributed by atoms with E-state index in [0.717, 1.165) is 0 Å². The van der Waals surface area contributed by atoms with Crippen LogP contribution in [-0.2, 0) is 4.79 Å². The number of carboxylic acid groups (broad SMARTS) is 1. The first kappa shape index (κ1) is 14.5. The maximum Gasteiger partial charge on any atom is 0.337 e. The number of Topliss-reactive ketones (excluding diaryl/α,β-unsaturated/α-hetero) is 1. The van der Waals surface area contributed by atoms with Gasteiger partial charge in [-0.2, -0.15) is 0 Å². The van der Waals surface area contributed by atoms with E-state index in [4.69, 9.17) is 5.11 Å². The number of alkyl halides is 1. The molecule has 0 aliphatic carbocycles. The highest BCUT2D eigenvalue weighted by Crippen LogP contribution is 2.19. The van der Waals surface area contributed by atoms with Crippen LogP contribution in [0.5, 0.6) is 0 Å².